The van der Waals surface area contributed by atoms with Gasteiger partial charge in [0.2, 0.25) is 0 Å². The molecular formula is C12H14BrNO2. The topological polar surface area (TPSA) is 43.1 Å². The van der Waals surface area contributed by atoms with Crippen LogP contribution in [-0.4, -0.2) is 9.75 Å². The summed E-state index contributed by atoms with van der Waals surface area (Å²) in [5.74, 6) is 0.708. The molecule has 0 aliphatic heterocycles. The first-order valence-corrected chi connectivity index (χ1v) is 6.37. The van der Waals surface area contributed by atoms with Crippen LogP contribution in [0.15, 0.2) is 18.2 Å². The normalized spacial score (nSPS) is 17.1. The van der Waals surface area contributed by atoms with Crippen LogP contribution in [0.25, 0.3) is 0 Å². The van der Waals surface area contributed by atoms with E-state index in [1.54, 1.807) is 12.1 Å². The molecule has 16 heavy (non-hydrogen) atoms. The number of rotatable bonds is 4. The van der Waals surface area contributed by atoms with Gasteiger partial charge in [0.05, 0.1) is 4.92 Å². The zero-order valence-electron chi connectivity index (χ0n) is 9.15. The Balaban J connectivity index is 2.22. The Labute approximate surface area is 103 Å². The number of halogens is 1. The van der Waals surface area contributed by atoms with Gasteiger partial charge >= 0.3 is 0 Å². The van der Waals surface area contributed by atoms with Gasteiger partial charge in [-0.25, -0.2) is 0 Å². The van der Waals surface area contributed by atoms with Crippen LogP contribution in [0.2, 0.25) is 0 Å². The fourth-order valence-electron chi connectivity index (χ4n) is 1.89. The number of benzene rings is 1. The Bertz CT molecular complexity index is 415. The lowest BCUT2D eigenvalue weighted by atomic mass is 10.0. The summed E-state index contributed by atoms with van der Waals surface area (Å²) in [5, 5.41) is 10.9. The highest BCUT2D eigenvalue weighted by Gasteiger charge is 2.30. The van der Waals surface area contributed by atoms with Gasteiger partial charge in [0.25, 0.3) is 5.69 Å². The lowest BCUT2D eigenvalue weighted by Gasteiger charge is -2.09. The molecule has 0 saturated heterocycles. The molecule has 1 saturated carbocycles. The summed E-state index contributed by atoms with van der Waals surface area (Å²) in [6, 6.07) is 5.33. The molecule has 0 aromatic heterocycles. The number of hydrogen-bond donors (Lipinski definition) is 0. The first-order valence-electron chi connectivity index (χ1n) is 5.46. The van der Waals surface area contributed by atoms with Gasteiger partial charge in [-0.15, -0.1) is 0 Å². The van der Waals surface area contributed by atoms with E-state index in [0.717, 1.165) is 17.5 Å². The van der Waals surface area contributed by atoms with Gasteiger partial charge in [-0.3, -0.25) is 10.1 Å². The average molecular weight is 284 g/mol. The number of aryl methyl sites for hydroxylation is 1. The van der Waals surface area contributed by atoms with E-state index in [1.165, 1.54) is 12.8 Å². The lowest BCUT2D eigenvalue weighted by Crippen LogP contribution is -2.07. The number of nitro benzene ring substituents is 1. The van der Waals surface area contributed by atoms with Crippen LogP contribution in [0.4, 0.5) is 5.69 Å². The van der Waals surface area contributed by atoms with E-state index >= 15 is 0 Å². The second-order valence-corrected chi connectivity index (χ2v) is 5.62. The molecule has 1 aliphatic carbocycles. The maximum Gasteiger partial charge on any atom is 0.272 e. The standard InChI is InChI=1S/C12H14BrNO2/c1-8-2-5-12(14(15)16)10(6-8)7-11(13)9-3-4-9/h2,5-6,9,11H,3-4,7H2,1H3. The third-order valence-electron chi connectivity index (χ3n) is 2.98. The number of alkyl halides is 1. The molecule has 3 nitrogen and oxygen atoms in total. The molecule has 2 rings (SSSR count). The van der Waals surface area contributed by atoms with Crippen LogP contribution >= 0.6 is 15.9 Å². The zero-order chi connectivity index (χ0) is 11.7. The molecule has 0 amide bonds. The van der Waals surface area contributed by atoms with Gasteiger partial charge in [0.1, 0.15) is 0 Å². The van der Waals surface area contributed by atoms with Crippen molar-refractivity contribution in [1.29, 1.82) is 0 Å². The highest BCUT2D eigenvalue weighted by molar-refractivity contribution is 9.09. The molecule has 86 valence electrons. The van der Waals surface area contributed by atoms with Crippen LogP contribution in [-0.2, 0) is 6.42 Å². The molecule has 1 atom stereocenters. The average Bonchev–Trinajstić information content (AvgIpc) is 2.99. The Morgan fingerprint density at radius 2 is 2.25 bits per heavy atom. The van der Waals surface area contributed by atoms with Crippen molar-refractivity contribution in [2.24, 2.45) is 5.92 Å². The van der Waals surface area contributed by atoms with Crippen LogP contribution in [0, 0.1) is 23.0 Å². The predicted octanol–water partition coefficient (Wildman–Crippen LogP) is 3.62. The highest BCUT2D eigenvalue weighted by atomic mass is 79.9. The number of hydrogen-bond acceptors (Lipinski definition) is 2. The van der Waals surface area contributed by atoms with Crippen molar-refractivity contribution < 1.29 is 4.92 Å². The maximum absolute atomic E-state index is 10.9. The molecule has 4 heteroatoms. The monoisotopic (exact) mass is 283 g/mol. The van der Waals surface area contributed by atoms with Gasteiger partial charge < -0.3 is 0 Å². The third kappa shape index (κ3) is 2.61. The van der Waals surface area contributed by atoms with Crippen molar-refractivity contribution >= 4 is 21.6 Å². The third-order valence-corrected chi connectivity index (χ3v) is 4.05. The lowest BCUT2D eigenvalue weighted by molar-refractivity contribution is -0.385. The van der Waals surface area contributed by atoms with Crippen molar-refractivity contribution in [2.45, 2.75) is 31.0 Å². The quantitative estimate of drug-likeness (QED) is 0.481. The summed E-state index contributed by atoms with van der Waals surface area (Å²) >= 11 is 3.63. The van der Waals surface area contributed by atoms with Crippen molar-refractivity contribution in [3.63, 3.8) is 0 Å². The molecule has 0 N–H and O–H groups in total. The summed E-state index contributed by atoms with van der Waals surface area (Å²) in [5.41, 5.74) is 2.17. The summed E-state index contributed by atoms with van der Waals surface area (Å²) in [6.45, 7) is 1.97. The molecule has 1 aromatic carbocycles. The minimum absolute atomic E-state index is 0.246. The van der Waals surface area contributed by atoms with Gasteiger partial charge in [-0.05, 0) is 38.2 Å². The number of nitrogens with zero attached hydrogens (tertiary/aromatic N) is 1. The highest BCUT2D eigenvalue weighted by Crippen LogP contribution is 2.39. The fraction of sp³-hybridized carbons (Fsp3) is 0.500. The van der Waals surface area contributed by atoms with Gasteiger partial charge in [-0.1, -0.05) is 27.6 Å². The first-order chi connectivity index (χ1) is 7.58. The first kappa shape index (κ1) is 11.6. The number of nitro groups is 1. The van der Waals surface area contributed by atoms with Gasteiger partial charge in [0, 0.05) is 16.5 Å². The van der Waals surface area contributed by atoms with E-state index < -0.39 is 0 Å². The summed E-state index contributed by atoms with van der Waals surface area (Å²) in [7, 11) is 0. The van der Waals surface area contributed by atoms with Gasteiger partial charge in [0.15, 0.2) is 0 Å². The summed E-state index contributed by atoms with van der Waals surface area (Å²) in [6.07, 6.45) is 3.24. The van der Waals surface area contributed by atoms with E-state index in [-0.39, 0.29) is 10.6 Å². The molecular weight excluding hydrogens is 270 g/mol. The van der Waals surface area contributed by atoms with E-state index in [9.17, 15) is 10.1 Å². The Kier molecular flexibility index (Phi) is 3.28. The van der Waals surface area contributed by atoms with E-state index in [1.807, 2.05) is 13.0 Å². The minimum atomic E-state index is -0.290. The molecule has 0 radical (unpaired) electrons. The van der Waals surface area contributed by atoms with E-state index in [2.05, 4.69) is 15.9 Å². The van der Waals surface area contributed by atoms with Crippen molar-refractivity contribution in [3.8, 4) is 0 Å². The van der Waals surface area contributed by atoms with E-state index in [0.29, 0.717) is 10.7 Å². The molecule has 0 spiro atoms. The smallest absolute Gasteiger partial charge is 0.258 e. The Morgan fingerprint density at radius 1 is 1.56 bits per heavy atom. The zero-order valence-corrected chi connectivity index (χ0v) is 10.7. The van der Waals surface area contributed by atoms with Gasteiger partial charge in [-0.2, -0.15) is 0 Å². The van der Waals surface area contributed by atoms with Crippen LogP contribution in [0.5, 0.6) is 0 Å². The minimum Gasteiger partial charge on any atom is -0.258 e. The molecule has 1 aliphatic rings. The van der Waals surface area contributed by atoms with Crippen LogP contribution in [0.3, 0.4) is 0 Å². The SMILES string of the molecule is Cc1ccc([N+](=O)[O-])c(CC(Br)C2CC2)c1. The Hall–Kier alpha value is -0.900. The molecule has 0 heterocycles. The Morgan fingerprint density at radius 3 is 2.81 bits per heavy atom. The van der Waals surface area contributed by atoms with Crippen molar-refractivity contribution in [1.82, 2.24) is 0 Å². The predicted molar refractivity (Wildman–Crippen MR) is 67.0 cm³/mol. The molecule has 1 aromatic rings. The second-order valence-electron chi connectivity index (χ2n) is 4.45. The van der Waals surface area contributed by atoms with Crippen LogP contribution < -0.4 is 0 Å². The summed E-state index contributed by atoms with van der Waals surface area (Å²) < 4.78 is 0. The largest absolute Gasteiger partial charge is 0.272 e. The second kappa shape index (κ2) is 4.53. The fourth-order valence-corrected chi connectivity index (χ4v) is 2.77. The van der Waals surface area contributed by atoms with E-state index in [4.69, 9.17) is 0 Å². The molecule has 1 unspecified atom stereocenters. The van der Waals surface area contributed by atoms with Crippen LogP contribution in [0.1, 0.15) is 24.0 Å². The van der Waals surface area contributed by atoms with Crippen molar-refractivity contribution in [3.05, 3.63) is 39.4 Å². The molecule has 0 bridgehead atoms. The molecule has 1 fully saturated rings. The summed E-state index contributed by atoms with van der Waals surface area (Å²) in [4.78, 5) is 11.0. The van der Waals surface area contributed by atoms with Crippen molar-refractivity contribution in [2.75, 3.05) is 0 Å². The maximum atomic E-state index is 10.9.